The van der Waals surface area contributed by atoms with E-state index in [4.69, 9.17) is 9.52 Å². The Morgan fingerprint density at radius 2 is 2.20 bits per heavy atom. The maximum absolute atomic E-state index is 10.8. The zero-order chi connectivity index (χ0) is 14.5. The standard InChI is InChI=1S/C15H24N2O3/c1-11(13-7-8-14(20-13)15(18)19)16-9-10-17(2)12-5-3-4-6-12/h7-8,11-12,16H,3-6,9-10H2,1-2H3,(H,18,19). The maximum atomic E-state index is 10.8. The molecule has 1 aliphatic rings. The van der Waals surface area contributed by atoms with Crippen LogP contribution >= 0.6 is 0 Å². The number of rotatable bonds is 7. The second kappa shape index (κ2) is 6.90. The molecule has 0 radical (unpaired) electrons. The van der Waals surface area contributed by atoms with Gasteiger partial charge in [-0.15, -0.1) is 0 Å². The molecule has 2 rings (SSSR count). The topological polar surface area (TPSA) is 65.7 Å². The van der Waals surface area contributed by atoms with Gasteiger partial charge in [0, 0.05) is 19.1 Å². The lowest BCUT2D eigenvalue weighted by Gasteiger charge is -2.24. The molecule has 2 N–H and O–H groups in total. The smallest absolute Gasteiger partial charge is 0.371 e. The lowest BCUT2D eigenvalue weighted by Crippen LogP contribution is -2.36. The lowest BCUT2D eigenvalue weighted by molar-refractivity contribution is 0.0659. The van der Waals surface area contributed by atoms with Crippen molar-refractivity contribution in [3.05, 3.63) is 23.7 Å². The van der Waals surface area contributed by atoms with E-state index in [1.54, 1.807) is 6.07 Å². The average Bonchev–Trinajstić information content (AvgIpc) is 3.09. The van der Waals surface area contributed by atoms with Gasteiger partial charge in [0.05, 0.1) is 6.04 Å². The summed E-state index contributed by atoms with van der Waals surface area (Å²) in [5, 5.41) is 12.2. The molecule has 1 heterocycles. The molecule has 5 heteroatoms. The molecule has 112 valence electrons. The number of nitrogens with one attached hydrogen (secondary N) is 1. The van der Waals surface area contributed by atoms with Crippen molar-refractivity contribution < 1.29 is 14.3 Å². The Balaban J connectivity index is 1.73. The molecular formula is C15H24N2O3. The Hall–Kier alpha value is -1.33. The van der Waals surface area contributed by atoms with Crippen LogP contribution in [0.1, 0.15) is 55.0 Å². The van der Waals surface area contributed by atoms with Gasteiger partial charge >= 0.3 is 5.97 Å². The predicted octanol–water partition coefficient (Wildman–Crippen LogP) is 2.50. The average molecular weight is 280 g/mol. The van der Waals surface area contributed by atoms with Crippen molar-refractivity contribution in [2.45, 2.75) is 44.7 Å². The van der Waals surface area contributed by atoms with E-state index in [1.165, 1.54) is 31.7 Å². The van der Waals surface area contributed by atoms with E-state index in [0.29, 0.717) is 5.76 Å². The summed E-state index contributed by atoms with van der Waals surface area (Å²) in [5.41, 5.74) is 0. The van der Waals surface area contributed by atoms with E-state index in [2.05, 4.69) is 17.3 Å². The number of aromatic carboxylic acids is 1. The van der Waals surface area contributed by atoms with Gasteiger partial charge in [-0.3, -0.25) is 0 Å². The van der Waals surface area contributed by atoms with Crippen LogP contribution in [0.5, 0.6) is 0 Å². The molecule has 1 aromatic rings. The van der Waals surface area contributed by atoms with Crippen molar-refractivity contribution >= 4 is 5.97 Å². The second-order valence-corrected chi connectivity index (χ2v) is 5.60. The minimum absolute atomic E-state index is 0.00303. The van der Waals surface area contributed by atoms with Crippen LogP contribution in [0, 0.1) is 0 Å². The molecular weight excluding hydrogens is 256 g/mol. The predicted molar refractivity (Wildman–Crippen MR) is 77.0 cm³/mol. The van der Waals surface area contributed by atoms with Crippen LogP contribution in [0.3, 0.4) is 0 Å². The van der Waals surface area contributed by atoms with Crippen LogP contribution in [-0.4, -0.2) is 42.2 Å². The van der Waals surface area contributed by atoms with Gasteiger partial charge in [-0.1, -0.05) is 12.8 Å². The molecule has 1 saturated carbocycles. The van der Waals surface area contributed by atoms with E-state index >= 15 is 0 Å². The van der Waals surface area contributed by atoms with Crippen LogP contribution < -0.4 is 5.32 Å². The molecule has 0 amide bonds. The third-order valence-corrected chi connectivity index (χ3v) is 4.13. The number of carbonyl (C=O) groups is 1. The molecule has 0 saturated heterocycles. The van der Waals surface area contributed by atoms with Gasteiger partial charge in [0.2, 0.25) is 5.76 Å². The normalized spacial score (nSPS) is 17.8. The van der Waals surface area contributed by atoms with E-state index in [0.717, 1.165) is 19.1 Å². The number of carboxylic acids is 1. The fourth-order valence-corrected chi connectivity index (χ4v) is 2.79. The number of hydrogen-bond donors (Lipinski definition) is 2. The van der Waals surface area contributed by atoms with Gasteiger partial charge in [0.1, 0.15) is 5.76 Å². The highest BCUT2D eigenvalue weighted by Crippen LogP contribution is 2.22. The Morgan fingerprint density at radius 3 is 2.80 bits per heavy atom. The first-order valence-corrected chi connectivity index (χ1v) is 7.34. The molecule has 20 heavy (non-hydrogen) atoms. The first kappa shape index (κ1) is 15.1. The van der Waals surface area contributed by atoms with Gasteiger partial charge < -0.3 is 19.7 Å². The Labute approximate surface area is 119 Å². The van der Waals surface area contributed by atoms with Crippen LogP contribution in [0.25, 0.3) is 0 Å². The third kappa shape index (κ3) is 3.84. The van der Waals surface area contributed by atoms with Gasteiger partial charge in [-0.25, -0.2) is 4.79 Å². The van der Waals surface area contributed by atoms with Crippen molar-refractivity contribution in [1.29, 1.82) is 0 Å². The number of furan rings is 1. The van der Waals surface area contributed by atoms with Crippen LogP contribution in [0.15, 0.2) is 16.5 Å². The number of carboxylic acid groups (broad SMARTS) is 1. The van der Waals surface area contributed by atoms with Gasteiger partial charge in [0.25, 0.3) is 0 Å². The van der Waals surface area contributed by atoms with Crippen molar-refractivity contribution in [3.8, 4) is 0 Å². The minimum atomic E-state index is -1.02. The van der Waals surface area contributed by atoms with E-state index < -0.39 is 5.97 Å². The highest BCUT2D eigenvalue weighted by molar-refractivity contribution is 5.84. The second-order valence-electron chi connectivity index (χ2n) is 5.60. The summed E-state index contributed by atoms with van der Waals surface area (Å²) in [6.07, 6.45) is 5.32. The maximum Gasteiger partial charge on any atom is 0.371 e. The summed E-state index contributed by atoms with van der Waals surface area (Å²) in [6.45, 7) is 3.86. The fourth-order valence-electron chi connectivity index (χ4n) is 2.79. The number of hydrogen-bond acceptors (Lipinski definition) is 4. The summed E-state index contributed by atoms with van der Waals surface area (Å²) in [4.78, 5) is 13.2. The fraction of sp³-hybridized carbons (Fsp3) is 0.667. The molecule has 0 aromatic carbocycles. The van der Waals surface area contributed by atoms with E-state index in [9.17, 15) is 4.79 Å². The molecule has 1 aliphatic carbocycles. The summed E-state index contributed by atoms with van der Waals surface area (Å²) >= 11 is 0. The van der Waals surface area contributed by atoms with Crippen molar-refractivity contribution in [3.63, 3.8) is 0 Å². The zero-order valence-electron chi connectivity index (χ0n) is 12.3. The largest absolute Gasteiger partial charge is 0.475 e. The molecule has 0 aliphatic heterocycles. The van der Waals surface area contributed by atoms with Gasteiger partial charge in [0.15, 0.2) is 0 Å². The van der Waals surface area contributed by atoms with Crippen molar-refractivity contribution in [2.75, 3.05) is 20.1 Å². The van der Waals surface area contributed by atoms with Crippen LogP contribution in [0.2, 0.25) is 0 Å². The molecule has 1 unspecified atom stereocenters. The molecule has 1 fully saturated rings. The quantitative estimate of drug-likeness (QED) is 0.803. The summed E-state index contributed by atoms with van der Waals surface area (Å²) < 4.78 is 5.29. The highest BCUT2D eigenvalue weighted by Gasteiger charge is 2.19. The summed E-state index contributed by atoms with van der Waals surface area (Å²) in [5.74, 6) is -0.355. The molecule has 1 atom stereocenters. The number of likely N-dealkylation sites (N-methyl/N-ethyl adjacent to an activating group) is 1. The molecule has 1 aromatic heterocycles. The minimum Gasteiger partial charge on any atom is -0.475 e. The number of nitrogens with zero attached hydrogens (tertiary/aromatic N) is 1. The van der Waals surface area contributed by atoms with Crippen molar-refractivity contribution in [2.24, 2.45) is 0 Å². The lowest BCUT2D eigenvalue weighted by atomic mass is 10.2. The monoisotopic (exact) mass is 280 g/mol. The third-order valence-electron chi connectivity index (χ3n) is 4.13. The SMILES string of the molecule is CC(NCCN(C)C1CCCC1)c1ccc(C(=O)O)o1. The summed E-state index contributed by atoms with van der Waals surface area (Å²) in [6, 6.07) is 3.98. The van der Waals surface area contributed by atoms with Gasteiger partial charge in [-0.05, 0) is 38.9 Å². The van der Waals surface area contributed by atoms with Crippen molar-refractivity contribution in [1.82, 2.24) is 10.2 Å². The first-order valence-electron chi connectivity index (χ1n) is 7.34. The van der Waals surface area contributed by atoms with E-state index in [1.807, 2.05) is 6.92 Å². The first-order chi connectivity index (χ1) is 9.58. The zero-order valence-corrected chi connectivity index (χ0v) is 12.3. The summed E-state index contributed by atoms with van der Waals surface area (Å²) in [7, 11) is 2.18. The molecule has 0 bridgehead atoms. The van der Waals surface area contributed by atoms with Crippen LogP contribution in [-0.2, 0) is 0 Å². The van der Waals surface area contributed by atoms with E-state index in [-0.39, 0.29) is 11.8 Å². The molecule has 0 spiro atoms. The van der Waals surface area contributed by atoms with Gasteiger partial charge in [-0.2, -0.15) is 0 Å². The Bertz CT molecular complexity index is 438. The van der Waals surface area contributed by atoms with Crippen LogP contribution in [0.4, 0.5) is 0 Å². The Kier molecular flexibility index (Phi) is 5.20. The molecule has 5 nitrogen and oxygen atoms in total. The highest BCUT2D eigenvalue weighted by atomic mass is 16.4. The Morgan fingerprint density at radius 1 is 1.50 bits per heavy atom.